The van der Waals surface area contributed by atoms with Gasteiger partial charge in [0.25, 0.3) is 0 Å². The van der Waals surface area contributed by atoms with Crippen molar-refractivity contribution in [2.24, 2.45) is 0 Å². The molecule has 0 unspecified atom stereocenters. The van der Waals surface area contributed by atoms with E-state index in [0.717, 1.165) is 29.9 Å². The first-order valence-electron chi connectivity index (χ1n) is 7.56. The van der Waals surface area contributed by atoms with Gasteiger partial charge >= 0.3 is 0 Å². The summed E-state index contributed by atoms with van der Waals surface area (Å²) >= 11 is 0. The Morgan fingerprint density at radius 2 is 1.79 bits per heavy atom. The molecule has 0 aromatic heterocycles. The van der Waals surface area contributed by atoms with Gasteiger partial charge in [-0.15, -0.1) is 0 Å². The number of rotatable bonds is 9. The predicted octanol–water partition coefficient (Wildman–Crippen LogP) is 4.79. The molecule has 0 aliphatic rings. The quantitative estimate of drug-likeness (QED) is 0.650. The number of benzene rings is 1. The van der Waals surface area contributed by atoms with Crippen LogP contribution in [0.4, 0.5) is 0 Å². The van der Waals surface area contributed by atoms with Crippen molar-refractivity contribution < 1.29 is 9.84 Å². The topological polar surface area (TPSA) is 29.5 Å². The molecular weight excluding hydrogens is 236 g/mol. The summed E-state index contributed by atoms with van der Waals surface area (Å²) in [7, 11) is 0. The number of aliphatic hydroxyl groups is 1. The van der Waals surface area contributed by atoms with Gasteiger partial charge in [-0.2, -0.15) is 0 Å². The van der Waals surface area contributed by atoms with E-state index in [-0.39, 0.29) is 0 Å². The first kappa shape index (κ1) is 16.0. The maximum atomic E-state index is 9.75. The lowest BCUT2D eigenvalue weighted by Crippen LogP contribution is -2.02. The summed E-state index contributed by atoms with van der Waals surface area (Å²) in [4.78, 5) is 0. The molecule has 0 amide bonds. The first-order chi connectivity index (χ1) is 9.15. The Morgan fingerprint density at radius 3 is 2.47 bits per heavy atom. The lowest BCUT2D eigenvalue weighted by molar-refractivity contribution is 0.190. The van der Waals surface area contributed by atoms with E-state index < -0.39 is 6.10 Å². The Hall–Kier alpha value is -1.02. The van der Waals surface area contributed by atoms with Gasteiger partial charge in [-0.3, -0.25) is 0 Å². The molecule has 2 heteroatoms. The highest BCUT2D eigenvalue weighted by Gasteiger charge is 2.09. The van der Waals surface area contributed by atoms with Gasteiger partial charge in [0.1, 0.15) is 5.75 Å². The zero-order valence-corrected chi connectivity index (χ0v) is 12.6. The summed E-state index contributed by atoms with van der Waals surface area (Å²) in [6.45, 7) is 6.79. The number of ether oxygens (including phenoxy) is 1. The van der Waals surface area contributed by atoms with Crippen LogP contribution in [0.5, 0.6) is 5.75 Å². The minimum absolute atomic E-state index is 0.473. The largest absolute Gasteiger partial charge is 0.493 e. The zero-order valence-electron chi connectivity index (χ0n) is 12.6. The minimum atomic E-state index is -0.473. The van der Waals surface area contributed by atoms with Crippen LogP contribution in [0, 0.1) is 6.92 Å². The normalized spacial score (nSPS) is 12.4. The Balaban J connectivity index is 2.33. The van der Waals surface area contributed by atoms with E-state index in [9.17, 15) is 5.11 Å². The van der Waals surface area contributed by atoms with Gasteiger partial charge in [0.2, 0.25) is 0 Å². The van der Waals surface area contributed by atoms with Gasteiger partial charge < -0.3 is 9.84 Å². The molecule has 0 saturated carbocycles. The van der Waals surface area contributed by atoms with Crippen molar-refractivity contribution in [1.29, 1.82) is 0 Å². The van der Waals surface area contributed by atoms with E-state index >= 15 is 0 Å². The van der Waals surface area contributed by atoms with Crippen LogP contribution >= 0.6 is 0 Å². The van der Waals surface area contributed by atoms with Crippen LogP contribution in [-0.4, -0.2) is 11.7 Å². The van der Waals surface area contributed by atoms with E-state index in [0.29, 0.717) is 0 Å². The SMILES string of the molecule is CCCCCCCCOc1ccc(C)cc1[C@@H](C)O. The summed E-state index contributed by atoms with van der Waals surface area (Å²) in [5.74, 6) is 0.828. The maximum Gasteiger partial charge on any atom is 0.125 e. The molecule has 108 valence electrons. The van der Waals surface area contributed by atoms with Gasteiger partial charge in [-0.05, 0) is 32.4 Å². The van der Waals surface area contributed by atoms with Crippen LogP contribution in [0.2, 0.25) is 0 Å². The summed E-state index contributed by atoms with van der Waals surface area (Å²) in [6, 6.07) is 6.00. The minimum Gasteiger partial charge on any atom is -0.493 e. The van der Waals surface area contributed by atoms with Crippen molar-refractivity contribution in [1.82, 2.24) is 0 Å². The Bertz CT molecular complexity index is 358. The summed E-state index contributed by atoms with van der Waals surface area (Å²) in [6.07, 6.45) is 7.11. The highest BCUT2D eigenvalue weighted by Crippen LogP contribution is 2.26. The van der Waals surface area contributed by atoms with Gasteiger partial charge in [0.05, 0.1) is 12.7 Å². The number of aryl methyl sites for hydroxylation is 1. The fraction of sp³-hybridized carbons (Fsp3) is 0.647. The van der Waals surface area contributed by atoms with Crippen LogP contribution in [0.15, 0.2) is 18.2 Å². The molecule has 19 heavy (non-hydrogen) atoms. The number of hydrogen-bond donors (Lipinski definition) is 1. The average Bonchev–Trinajstić information content (AvgIpc) is 2.39. The van der Waals surface area contributed by atoms with E-state index in [2.05, 4.69) is 6.92 Å². The van der Waals surface area contributed by atoms with E-state index in [4.69, 9.17) is 4.74 Å². The molecule has 0 spiro atoms. The van der Waals surface area contributed by atoms with Gasteiger partial charge in [0.15, 0.2) is 0 Å². The predicted molar refractivity (Wildman–Crippen MR) is 80.7 cm³/mol. The second-order valence-electron chi connectivity index (χ2n) is 5.33. The summed E-state index contributed by atoms with van der Waals surface area (Å²) in [5, 5.41) is 9.75. The third kappa shape index (κ3) is 6.11. The third-order valence-electron chi connectivity index (χ3n) is 3.37. The molecule has 0 heterocycles. The molecule has 0 fully saturated rings. The van der Waals surface area contributed by atoms with Crippen molar-refractivity contribution in [3.63, 3.8) is 0 Å². The lowest BCUT2D eigenvalue weighted by Gasteiger charge is -2.14. The molecule has 1 N–H and O–H groups in total. The number of unbranched alkanes of at least 4 members (excludes halogenated alkanes) is 5. The Morgan fingerprint density at radius 1 is 1.11 bits per heavy atom. The molecule has 0 bridgehead atoms. The molecule has 1 aromatic carbocycles. The Labute approximate surface area is 117 Å². The number of aliphatic hydroxyl groups excluding tert-OH is 1. The molecule has 0 radical (unpaired) electrons. The average molecular weight is 264 g/mol. The molecule has 0 saturated heterocycles. The van der Waals surface area contributed by atoms with E-state index in [1.54, 1.807) is 6.92 Å². The standard InChI is InChI=1S/C17H28O2/c1-4-5-6-7-8-9-12-19-17-11-10-14(2)13-16(17)15(3)18/h10-11,13,15,18H,4-9,12H2,1-3H3/t15-/m1/s1. The molecule has 0 aliphatic carbocycles. The van der Waals surface area contributed by atoms with Crippen molar-refractivity contribution >= 4 is 0 Å². The van der Waals surface area contributed by atoms with Crippen molar-refractivity contribution in [3.8, 4) is 5.75 Å². The van der Waals surface area contributed by atoms with Gasteiger partial charge in [-0.1, -0.05) is 50.7 Å². The molecular formula is C17H28O2. The van der Waals surface area contributed by atoms with Crippen LogP contribution in [0.25, 0.3) is 0 Å². The third-order valence-corrected chi connectivity index (χ3v) is 3.37. The second-order valence-corrected chi connectivity index (χ2v) is 5.33. The monoisotopic (exact) mass is 264 g/mol. The highest BCUT2D eigenvalue weighted by molar-refractivity contribution is 5.38. The maximum absolute atomic E-state index is 9.75. The second kappa shape index (κ2) is 8.98. The fourth-order valence-corrected chi connectivity index (χ4v) is 2.19. The van der Waals surface area contributed by atoms with Crippen LogP contribution in [0.3, 0.4) is 0 Å². The van der Waals surface area contributed by atoms with Crippen molar-refractivity contribution in [3.05, 3.63) is 29.3 Å². The smallest absolute Gasteiger partial charge is 0.125 e. The van der Waals surface area contributed by atoms with Crippen molar-refractivity contribution in [2.45, 2.75) is 65.4 Å². The van der Waals surface area contributed by atoms with E-state index in [1.165, 1.54) is 32.1 Å². The molecule has 0 aliphatic heterocycles. The zero-order chi connectivity index (χ0) is 14.1. The van der Waals surface area contributed by atoms with Crippen LogP contribution in [0.1, 0.15) is 69.6 Å². The molecule has 1 aromatic rings. The van der Waals surface area contributed by atoms with Gasteiger partial charge in [0, 0.05) is 5.56 Å². The Kier molecular flexibility index (Phi) is 7.57. The van der Waals surface area contributed by atoms with E-state index in [1.807, 2.05) is 25.1 Å². The fourth-order valence-electron chi connectivity index (χ4n) is 2.19. The summed E-state index contributed by atoms with van der Waals surface area (Å²) < 4.78 is 5.80. The van der Waals surface area contributed by atoms with Crippen LogP contribution < -0.4 is 4.74 Å². The number of hydrogen-bond acceptors (Lipinski definition) is 2. The highest BCUT2D eigenvalue weighted by atomic mass is 16.5. The molecule has 1 rings (SSSR count). The molecule has 1 atom stereocenters. The molecule has 2 nitrogen and oxygen atoms in total. The van der Waals surface area contributed by atoms with Gasteiger partial charge in [-0.25, -0.2) is 0 Å². The summed E-state index contributed by atoms with van der Waals surface area (Å²) in [5.41, 5.74) is 2.05. The van der Waals surface area contributed by atoms with Crippen LogP contribution in [-0.2, 0) is 0 Å². The van der Waals surface area contributed by atoms with Crippen molar-refractivity contribution in [2.75, 3.05) is 6.61 Å². The lowest BCUT2D eigenvalue weighted by atomic mass is 10.1. The first-order valence-corrected chi connectivity index (χ1v) is 7.56.